The van der Waals surface area contributed by atoms with E-state index in [0.29, 0.717) is 5.75 Å². The van der Waals surface area contributed by atoms with Crippen molar-refractivity contribution in [2.24, 2.45) is 4.99 Å². The minimum absolute atomic E-state index is 0.554. The Morgan fingerprint density at radius 1 is 1.69 bits per heavy atom. The summed E-state index contributed by atoms with van der Waals surface area (Å²) in [6, 6.07) is 3.35. The highest BCUT2D eigenvalue weighted by Crippen LogP contribution is 2.25. The monoisotopic (exact) mass is 213 g/mol. The van der Waals surface area contributed by atoms with Crippen molar-refractivity contribution in [1.29, 1.82) is 0 Å². The summed E-state index contributed by atoms with van der Waals surface area (Å²) in [6.07, 6.45) is 0. The number of aliphatic carboxylic acids is 1. The minimum Gasteiger partial charge on any atom is -0.480 e. The number of rotatable bonds is 2. The van der Waals surface area contributed by atoms with Gasteiger partial charge in [-0.15, -0.1) is 23.1 Å². The van der Waals surface area contributed by atoms with E-state index in [2.05, 4.69) is 4.99 Å². The summed E-state index contributed by atoms with van der Waals surface area (Å²) in [5, 5.41) is 11.5. The zero-order chi connectivity index (χ0) is 9.26. The fourth-order valence-electron chi connectivity index (χ4n) is 1.04. The van der Waals surface area contributed by atoms with E-state index in [0.717, 1.165) is 9.92 Å². The number of aliphatic imine (C=N–C) groups is 1. The lowest BCUT2D eigenvalue weighted by Gasteiger charge is -1.93. The molecule has 1 aromatic rings. The van der Waals surface area contributed by atoms with Crippen LogP contribution in [0, 0.1) is 0 Å². The van der Waals surface area contributed by atoms with Crippen LogP contribution in [0.15, 0.2) is 22.5 Å². The van der Waals surface area contributed by atoms with Crippen LogP contribution in [0.3, 0.4) is 0 Å². The summed E-state index contributed by atoms with van der Waals surface area (Å²) < 4.78 is 0. The van der Waals surface area contributed by atoms with Gasteiger partial charge in [-0.05, 0) is 11.4 Å². The van der Waals surface area contributed by atoms with Gasteiger partial charge in [-0.1, -0.05) is 6.07 Å². The van der Waals surface area contributed by atoms with Crippen LogP contribution in [0.5, 0.6) is 0 Å². The number of hydrogen-bond donors (Lipinski definition) is 1. The number of carbonyl (C=O) groups is 1. The van der Waals surface area contributed by atoms with E-state index in [9.17, 15) is 4.79 Å². The van der Waals surface area contributed by atoms with Gasteiger partial charge in [0.1, 0.15) is 5.04 Å². The average molecular weight is 213 g/mol. The molecule has 68 valence electrons. The van der Waals surface area contributed by atoms with Gasteiger partial charge in [0.2, 0.25) is 0 Å². The topological polar surface area (TPSA) is 49.7 Å². The lowest BCUT2D eigenvalue weighted by molar-refractivity contribution is -0.137. The largest absolute Gasteiger partial charge is 0.480 e. The third-order valence-electron chi connectivity index (χ3n) is 1.67. The zero-order valence-corrected chi connectivity index (χ0v) is 8.27. The average Bonchev–Trinajstić information content (AvgIpc) is 2.75. The Bertz CT molecular complexity index is 345. The van der Waals surface area contributed by atoms with Gasteiger partial charge in [-0.3, -0.25) is 4.99 Å². The smallest absolute Gasteiger partial charge is 0.329 e. The molecule has 0 radical (unpaired) electrons. The van der Waals surface area contributed by atoms with Crippen molar-refractivity contribution in [2.45, 2.75) is 6.04 Å². The second-order valence-corrected chi connectivity index (χ2v) is 4.53. The van der Waals surface area contributed by atoms with E-state index in [1.54, 1.807) is 11.3 Å². The van der Waals surface area contributed by atoms with Gasteiger partial charge in [0.25, 0.3) is 0 Å². The zero-order valence-electron chi connectivity index (χ0n) is 6.64. The molecule has 5 heteroatoms. The van der Waals surface area contributed by atoms with Crippen LogP contribution in [-0.2, 0) is 4.79 Å². The maximum absolute atomic E-state index is 10.6. The molecule has 1 aliphatic heterocycles. The lowest BCUT2D eigenvalue weighted by Crippen LogP contribution is -2.17. The van der Waals surface area contributed by atoms with Gasteiger partial charge < -0.3 is 5.11 Å². The highest BCUT2D eigenvalue weighted by molar-refractivity contribution is 8.15. The molecule has 1 atom stereocenters. The molecule has 0 saturated heterocycles. The molecule has 0 amide bonds. The number of hydrogen-bond acceptors (Lipinski definition) is 4. The molecule has 1 aliphatic rings. The number of thioether (sulfide) groups is 1. The normalized spacial score (nSPS) is 21.5. The van der Waals surface area contributed by atoms with Crippen molar-refractivity contribution < 1.29 is 9.90 Å². The molecule has 3 nitrogen and oxygen atoms in total. The van der Waals surface area contributed by atoms with Crippen molar-refractivity contribution in [3.8, 4) is 0 Å². The Morgan fingerprint density at radius 3 is 3.08 bits per heavy atom. The fourth-order valence-corrected chi connectivity index (χ4v) is 2.92. The van der Waals surface area contributed by atoms with Gasteiger partial charge in [0, 0.05) is 5.75 Å². The standard InChI is InChI=1S/C8H7NO2S2/c10-8(11)5-4-13-7(9-5)6-2-1-3-12-6/h1-3,5H,4H2,(H,10,11). The Kier molecular flexibility index (Phi) is 2.37. The van der Waals surface area contributed by atoms with Crippen molar-refractivity contribution in [3.63, 3.8) is 0 Å². The summed E-state index contributed by atoms with van der Waals surface area (Å²) in [4.78, 5) is 15.8. The summed E-state index contributed by atoms with van der Waals surface area (Å²) in [6.45, 7) is 0. The predicted octanol–water partition coefficient (Wildman–Crippen LogP) is 1.69. The van der Waals surface area contributed by atoms with Crippen LogP contribution in [0.4, 0.5) is 0 Å². The molecule has 1 aromatic heterocycles. The first kappa shape index (κ1) is 8.77. The lowest BCUT2D eigenvalue weighted by atomic mass is 10.4. The number of carboxylic acids is 1. The van der Waals surface area contributed by atoms with E-state index < -0.39 is 12.0 Å². The van der Waals surface area contributed by atoms with Crippen molar-refractivity contribution >= 4 is 34.1 Å². The molecule has 1 N–H and O–H groups in total. The van der Waals surface area contributed by atoms with E-state index in [1.165, 1.54) is 11.8 Å². The minimum atomic E-state index is -0.834. The third kappa shape index (κ3) is 1.76. The van der Waals surface area contributed by atoms with Gasteiger partial charge in [-0.25, -0.2) is 4.79 Å². The third-order valence-corrected chi connectivity index (χ3v) is 3.75. The number of thiophene rings is 1. The first-order chi connectivity index (χ1) is 6.27. The summed E-state index contributed by atoms with van der Waals surface area (Å²) in [7, 11) is 0. The molecule has 0 fully saturated rings. The maximum Gasteiger partial charge on any atom is 0.329 e. The van der Waals surface area contributed by atoms with Crippen molar-refractivity contribution in [3.05, 3.63) is 22.4 Å². The number of carboxylic acid groups (broad SMARTS) is 1. The quantitative estimate of drug-likeness (QED) is 0.813. The van der Waals surface area contributed by atoms with Crippen molar-refractivity contribution in [1.82, 2.24) is 0 Å². The first-order valence-corrected chi connectivity index (χ1v) is 5.61. The van der Waals surface area contributed by atoms with Crippen LogP contribution in [-0.4, -0.2) is 27.9 Å². The molecule has 0 saturated carbocycles. The molecule has 0 aromatic carbocycles. The van der Waals surface area contributed by atoms with Crippen molar-refractivity contribution in [2.75, 3.05) is 5.75 Å². The van der Waals surface area contributed by atoms with Crippen LogP contribution in [0.25, 0.3) is 0 Å². The van der Waals surface area contributed by atoms with Gasteiger partial charge in [0.05, 0.1) is 4.88 Å². The van der Waals surface area contributed by atoms with Gasteiger partial charge in [-0.2, -0.15) is 0 Å². The van der Waals surface area contributed by atoms with Crippen LogP contribution in [0.2, 0.25) is 0 Å². The van der Waals surface area contributed by atoms with E-state index in [-0.39, 0.29) is 0 Å². The molecule has 0 spiro atoms. The fraction of sp³-hybridized carbons (Fsp3) is 0.250. The molecular formula is C8H7NO2S2. The Morgan fingerprint density at radius 2 is 2.54 bits per heavy atom. The van der Waals surface area contributed by atoms with E-state index in [1.807, 2.05) is 17.5 Å². The van der Waals surface area contributed by atoms with E-state index in [4.69, 9.17) is 5.11 Å². The summed E-state index contributed by atoms with van der Waals surface area (Å²) >= 11 is 3.11. The van der Waals surface area contributed by atoms with E-state index >= 15 is 0 Å². The molecule has 0 bridgehead atoms. The Balaban J connectivity index is 2.20. The molecule has 2 heterocycles. The van der Waals surface area contributed by atoms with Crippen LogP contribution >= 0.6 is 23.1 Å². The molecule has 2 rings (SSSR count). The highest BCUT2D eigenvalue weighted by Gasteiger charge is 2.25. The summed E-state index contributed by atoms with van der Waals surface area (Å²) in [5.41, 5.74) is 0. The molecule has 1 unspecified atom stereocenters. The Labute approximate surface area is 83.5 Å². The molecule has 0 aliphatic carbocycles. The van der Waals surface area contributed by atoms with Gasteiger partial charge >= 0.3 is 5.97 Å². The first-order valence-electron chi connectivity index (χ1n) is 3.74. The highest BCUT2D eigenvalue weighted by atomic mass is 32.2. The maximum atomic E-state index is 10.6. The summed E-state index contributed by atoms with van der Waals surface area (Å²) in [5.74, 6) is -0.276. The SMILES string of the molecule is O=C(O)C1CSC(c2cccs2)=N1. The van der Waals surface area contributed by atoms with Gasteiger partial charge in [0.15, 0.2) is 6.04 Å². The van der Waals surface area contributed by atoms with Crippen LogP contribution in [0.1, 0.15) is 4.88 Å². The van der Waals surface area contributed by atoms with Crippen LogP contribution < -0.4 is 0 Å². The second-order valence-electron chi connectivity index (χ2n) is 2.58. The molecule has 13 heavy (non-hydrogen) atoms. The predicted molar refractivity (Wildman–Crippen MR) is 54.7 cm³/mol. The Hall–Kier alpha value is -0.810. The second kappa shape index (κ2) is 3.51. The molecular weight excluding hydrogens is 206 g/mol. The number of nitrogens with zero attached hydrogens (tertiary/aromatic N) is 1.